The number of ether oxygens (including phenoxy) is 1. The second kappa shape index (κ2) is 6.67. The Balaban J connectivity index is 2.63. The van der Waals surface area contributed by atoms with Crippen LogP contribution in [0.15, 0.2) is 4.79 Å². The van der Waals surface area contributed by atoms with Gasteiger partial charge in [-0.1, -0.05) is 0 Å². The van der Waals surface area contributed by atoms with Gasteiger partial charge in [0.15, 0.2) is 0 Å². The lowest BCUT2D eigenvalue weighted by atomic mass is 10.1. The summed E-state index contributed by atoms with van der Waals surface area (Å²) in [6.07, 6.45) is 0.0564. The van der Waals surface area contributed by atoms with Crippen LogP contribution in [0.3, 0.4) is 0 Å². The number of nitrogens with one attached hydrogen (secondary N) is 2. The number of aromatic nitrogens is 2. The Bertz CT molecular complexity index is 510. The van der Waals surface area contributed by atoms with Gasteiger partial charge in [-0.05, 0) is 20.8 Å². The number of hydrogen-bond acceptors (Lipinski definition) is 5. The molecule has 0 atom stereocenters. The molecule has 0 aliphatic heterocycles. The van der Waals surface area contributed by atoms with E-state index in [0.717, 1.165) is 0 Å². The minimum absolute atomic E-state index is 0.0564. The largest absolute Gasteiger partial charge is 0.465 e. The fraction of sp³-hybridized carbons (Fsp3) is 0.500. The van der Waals surface area contributed by atoms with Crippen molar-refractivity contribution in [3.8, 4) is 0 Å². The van der Waals surface area contributed by atoms with Gasteiger partial charge in [0.2, 0.25) is 5.91 Å². The van der Waals surface area contributed by atoms with Crippen molar-refractivity contribution in [1.29, 1.82) is 0 Å². The van der Waals surface area contributed by atoms with Gasteiger partial charge in [0.05, 0.1) is 13.0 Å². The van der Waals surface area contributed by atoms with Crippen LogP contribution in [0.5, 0.6) is 0 Å². The third kappa shape index (κ3) is 4.53. The number of aromatic amines is 1. The van der Waals surface area contributed by atoms with Crippen LogP contribution in [0.2, 0.25) is 0 Å². The lowest BCUT2D eigenvalue weighted by Crippen LogP contribution is -2.32. The molecule has 1 aromatic heterocycles. The summed E-state index contributed by atoms with van der Waals surface area (Å²) in [5.41, 5.74) is 1.32. The number of hydrogen-bond donors (Lipinski definition) is 2. The lowest BCUT2D eigenvalue weighted by Gasteiger charge is -2.08. The molecule has 1 amide bonds. The van der Waals surface area contributed by atoms with Crippen LogP contribution in [-0.4, -0.2) is 35.0 Å². The van der Waals surface area contributed by atoms with Gasteiger partial charge < -0.3 is 15.0 Å². The third-order valence-electron chi connectivity index (χ3n) is 2.53. The summed E-state index contributed by atoms with van der Waals surface area (Å²) >= 11 is 0. The zero-order valence-electron chi connectivity index (χ0n) is 11.2. The van der Waals surface area contributed by atoms with Crippen molar-refractivity contribution in [1.82, 2.24) is 15.3 Å². The number of carbonyl (C=O) groups is 2. The van der Waals surface area contributed by atoms with Crippen LogP contribution in [0.4, 0.5) is 0 Å². The maximum atomic E-state index is 11.7. The van der Waals surface area contributed by atoms with Gasteiger partial charge in [0.25, 0.3) is 0 Å². The van der Waals surface area contributed by atoms with Gasteiger partial charge in [0, 0.05) is 17.0 Å². The Labute approximate surface area is 110 Å². The highest BCUT2D eigenvalue weighted by atomic mass is 16.5. The van der Waals surface area contributed by atoms with E-state index in [9.17, 15) is 14.4 Å². The molecule has 1 heterocycles. The van der Waals surface area contributed by atoms with Gasteiger partial charge >= 0.3 is 11.7 Å². The van der Waals surface area contributed by atoms with E-state index in [4.69, 9.17) is 4.74 Å². The second-order valence-corrected chi connectivity index (χ2v) is 3.99. The summed E-state index contributed by atoms with van der Waals surface area (Å²) in [6.45, 7) is 5.16. The highest BCUT2D eigenvalue weighted by molar-refractivity contribution is 5.83. The minimum Gasteiger partial charge on any atom is -0.465 e. The number of amides is 1. The van der Waals surface area contributed by atoms with Crippen LogP contribution in [0, 0.1) is 13.8 Å². The Kier molecular flexibility index (Phi) is 5.23. The van der Waals surface area contributed by atoms with Crippen molar-refractivity contribution in [3.05, 3.63) is 27.4 Å². The van der Waals surface area contributed by atoms with Crippen molar-refractivity contribution in [2.24, 2.45) is 0 Å². The fourth-order valence-electron chi connectivity index (χ4n) is 1.62. The highest BCUT2D eigenvalue weighted by Crippen LogP contribution is 2.07. The van der Waals surface area contributed by atoms with E-state index >= 15 is 0 Å². The summed E-state index contributed by atoms with van der Waals surface area (Å²) in [5.74, 6) is -0.808. The Morgan fingerprint density at radius 1 is 1.37 bits per heavy atom. The number of nitrogens with zero attached hydrogens (tertiary/aromatic N) is 1. The first kappa shape index (κ1) is 14.9. The van der Waals surface area contributed by atoms with Gasteiger partial charge in [-0.25, -0.2) is 4.79 Å². The molecular formula is C12H17N3O4. The number of carbonyl (C=O) groups excluding carboxylic acids is 2. The Morgan fingerprint density at radius 2 is 2.05 bits per heavy atom. The van der Waals surface area contributed by atoms with E-state index < -0.39 is 11.7 Å². The molecule has 0 aliphatic rings. The first-order valence-electron chi connectivity index (χ1n) is 5.92. The molecular weight excluding hydrogens is 250 g/mol. The summed E-state index contributed by atoms with van der Waals surface area (Å²) in [4.78, 5) is 40.1. The molecule has 0 fully saturated rings. The summed E-state index contributed by atoms with van der Waals surface area (Å²) in [6, 6.07) is 0. The molecule has 2 N–H and O–H groups in total. The van der Waals surface area contributed by atoms with E-state index in [-0.39, 0.29) is 25.5 Å². The minimum atomic E-state index is -0.483. The first-order chi connectivity index (χ1) is 8.93. The molecule has 19 heavy (non-hydrogen) atoms. The summed E-state index contributed by atoms with van der Waals surface area (Å²) in [5, 5.41) is 2.45. The van der Waals surface area contributed by atoms with E-state index in [1.807, 2.05) is 0 Å². The standard InChI is InChI=1S/C12H17N3O4/c1-4-19-11(17)6-13-10(16)5-9-7(2)14-12(18)15-8(9)3/h4-6H2,1-3H3,(H,13,16)(H,14,15,18). The van der Waals surface area contributed by atoms with Crippen LogP contribution >= 0.6 is 0 Å². The highest BCUT2D eigenvalue weighted by Gasteiger charge is 2.12. The SMILES string of the molecule is CCOC(=O)CNC(=O)Cc1c(C)nc(=O)[nH]c1C. The number of aryl methyl sites for hydroxylation is 2. The molecule has 1 rings (SSSR count). The van der Waals surface area contributed by atoms with E-state index in [1.165, 1.54) is 0 Å². The maximum Gasteiger partial charge on any atom is 0.345 e. The zero-order valence-corrected chi connectivity index (χ0v) is 11.2. The van der Waals surface area contributed by atoms with Crippen molar-refractivity contribution < 1.29 is 14.3 Å². The second-order valence-electron chi connectivity index (χ2n) is 3.99. The average molecular weight is 267 g/mol. The van der Waals surface area contributed by atoms with Crippen molar-refractivity contribution >= 4 is 11.9 Å². The number of esters is 1. The Morgan fingerprint density at radius 3 is 2.63 bits per heavy atom. The third-order valence-corrected chi connectivity index (χ3v) is 2.53. The molecule has 104 valence electrons. The van der Waals surface area contributed by atoms with Gasteiger partial charge in [-0.15, -0.1) is 0 Å². The molecule has 0 spiro atoms. The van der Waals surface area contributed by atoms with Gasteiger partial charge in [-0.2, -0.15) is 4.98 Å². The van der Waals surface area contributed by atoms with Crippen molar-refractivity contribution in [2.75, 3.05) is 13.2 Å². The van der Waals surface area contributed by atoms with Crippen molar-refractivity contribution in [3.63, 3.8) is 0 Å². The Hall–Kier alpha value is -2.18. The summed E-state index contributed by atoms with van der Waals surface area (Å²) < 4.78 is 4.69. The monoisotopic (exact) mass is 267 g/mol. The molecule has 0 saturated heterocycles. The molecule has 0 aliphatic carbocycles. The molecule has 7 heteroatoms. The van der Waals surface area contributed by atoms with E-state index in [2.05, 4.69) is 15.3 Å². The average Bonchev–Trinajstić information content (AvgIpc) is 2.31. The number of rotatable bonds is 5. The van der Waals surface area contributed by atoms with Crippen LogP contribution < -0.4 is 11.0 Å². The predicted molar refractivity (Wildman–Crippen MR) is 67.7 cm³/mol. The van der Waals surface area contributed by atoms with E-state index in [0.29, 0.717) is 17.0 Å². The molecule has 0 aromatic carbocycles. The normalized spacial score (nSPS) is 10.1. The zero-order chi connectivity index (χ0) is 14.4. The lowest BCUT2D eigenvalue weighted by molar-refractivity contribution is -0.143. The van der Waals surface area contributed by atoms with Crippen molar-refractivity contribution in [2.45, 2.75) is 27.2 Å². The van der Waals surface area contributed by atoms with Crippen LogP contribution in [-0.2, 0) is 20.7 Å². The molecule has 7 nitrogen and oxygen atoms in total. The smallest absolute Gasteiger partial charge is 0.345 e. The van der Waals surface area contributed by atoms with Gasteiger partial charge in [0.1, 0.15) is 6.54 Å². The summed E-state index contributed by atoms with van der Waals surface area (Å²) in [7, 11) is 0. The fourth-order valence-corrected chi connectivity index (χ4v) is 1.62. The first-order valence-corrected chi connectivity index (χ1v) is 5.92. The quantitative estimate of drug-likeness (QED) is 0.707. The molecule has 0 unspecified atom stereocenters. The molecule has 1 aromatic rings. The number of H-pyrrole nitrogens is 1. The molecule has 0 saturated carbocycles. The molecule has 0 bridgehead atoms. The molecule has 0 radical (unpaired) electrons. The predicted octanol–water partition coefficient (Wildman–Crippen LogP) is -0.391. The topological polar surface area (TPSA) is 101 Å². The van der Waals surface area contributed by atoms with Crippen LogP contribution in [0.25, 0.3) is 0 Å². The van der Waals surface area contributed by atoms with Crippen LogP contribution in [0.1, 0.15) is 23.9 Å². The maximum absolute atomic E-state index is 11.7. The van der Waals surface area contributed by atoms with Gasteiger partial charge in [-0.3, -0.25) is 9.59 Å². The van der Waals surface area contributed by atoms with E-state index in [1.54, 1.807) is 20.8 Å².